The van der Waals surface area contributed by atoms with E-state index in [-0.39, 0.29) is 0 Å². The van der Waals surface area contributed by atoms with Crippen LogP contribution >= 0.6 is 0 Å². The Labute approximate surface area is 122 Å². The summed E-state index contributed by atoms with van der Waals surface area (Å²) in [5, 5.41) is 3.62. The minimum absolute atomic E-state index is 0.345. The van der Waals surface area contributed by atoms with Crippen LogP contribution in [-0.4, -0.2) is 6.54 Å². The van der Waals surface area contributed by atoms with Crippen molar-refractivity contribution < 1.29 is 0 Å². The standard InChI is InChI=1S/C19H21N/c1-2-3-10-15-20-19(18-13-8-5-9-14-18)16-17-11-6-4-7-12-17/h4-9,11-14,19-20H,10,15-16H2,1H3. The summed E-state index contributed by atoms with van der Waals surface area (Å²) >= 11 is 0. The van der Waals surface area contributed by atoms with Gasteiger partial charge in [-0.25, -0.2) is 0 Å². The molecule has 0 fully saturated rings. The first-order chi connectivity index (χ1) is 9.90. The van der Waals surface area contributed by atoms with Crippen molar-refractivity contribution in [3.63, 3.8) is 0 Å². The SMILES string of the molecule is CC#CCCNC(Cc1ccccc1)c1ccccc1. The van der Waals surface area contributed by atoms with Gasteiger partial charge < -0.3 is 5.32 Å². The number of hydrogen-bond donors (Lipinski definition) is 1. The summed E-state index contributed by atoms with van der Waals surface area (Å²) in [5.41, 5.74) is 2.69. The molecule has 1 atom stereocenters. The van der Waals surface area contributed by atoms with Gasteiger partial charge in [0.15, 0.2) is 0 Å². The summed E-state index contributed by atoms with van der Waals surface area (Å²) in [6.45, 7) is 2.81. The largest absolute Gasteiger partial charge is 0.309 e. The lowest BCUT2D eigenvalue weighted by Crippen LogP contribution is -2.24. The maximum Gasteiger partial charge on any atom is 0.0361 e. The van der Waals surface area contributed by atoms with Gasteiger partial charge in [-0.3, -0.25) is 0 Å². The maximum absolute atomic E-state index is 3.62. The van der Waals surface area contributed by atoms with Crippen LogP contribution in [0, 0.1) is 11.8 Å². The lowest BCUT2D eigenvalue weighted by molar-refractivity contribution is 0.539. The normalized spacial score (nSPS) is 11.4. The van der Waals surface area contributed by atoms with E-state index in [1.54, 1.807) is 0 Å². The Morgan fingerprint density at radius 3 is 2.25 bits per heavy atom. The quantitative estimate of drug-likeness (QED) is 0.614. The highest BCUT2D eigenvalue weighted by Gasteiger charge is 2.10. The molecule has 20 heavy (non-hydrogen) atoms. The van der Waals surface area contributed by atoms with Gasteiger partial charge in [-0.15, -0.1) is 11.8 Å². The number of nitrogens with one attached hydrogen (secondary N) is 1. The molecule has 0 saturated carbocycles. The van der Waals surface area contributed by atoms with Crippen molar-refractivity contribution >= 4 is 0 Å². The number of benzene rings is 2. The van der Waals surface area contributed by atoms with Crippen molar-refractivity contribution in [2.24, 2.45) is 0 Å². The minimum atomic E-state index is 0.345. The molecular weight excluding hydrogens is 242 g/mol. The van der Waals surface area contributed by atoms with E-state index < -0.39 is 0 Å². The van der Waals surface area contributed by atoms with Crippen LogP contribution in [0.2, 0.25) is 0 Å². The van der Waals surface area contributed by atoms with Crippen molar-refractivity contribution in [3.05, 3.63) is 71.8 Å². The fourth-order valence-corrected chi connectivity index (χ4v) is 2.28. The van der Waals surface area contributed by atoms with Crippen LogP contribution in [-0.2, 0) is 6.42 Å². The molecular formula is C19H21N. The fraction of sp³-hybridized carbons (Fsp3) is 0.263. The van der Waals surface area contributed by atoms with Gasteiger partial charge in [0.05, 0.1) is 0 Å². The first-order valence-corrected chi connectivity index (χ1v) is 7.12. The molecule has 1 unspecified atom stereocenters. The highest BCUT2D eigenvalue weighted by atomic mass is 14.9. The van der Waals surface area contributed by atoms with Gasteiger partial charge in [-0.1, -0.05) is 60.7 Å². The second kappa shape index (κ2) is 8.19. The Hall–Kier alpha value is -2.04. The first-order valence-electron chi connectivity index (χ1n) is 7.12. The molecule has 0 saturated heterocycles. The Bertz CT molecular complexity index is 549. The second-order valence-corrected chi connectivity index (χ2v) is 4.78. The molecule has 0 amide bonds. The average Bonchev–Trinajstić information content (AvgIpc) is 2.52. The van der Waals surface area contributed by atoms with E-state index in [2.05, 4.69) is 77.8 Å². The van der Waals surface area contributed by atoms with Gasteiger partial charge in [-0.05, 0) is 24.5 Å². The van der Waals surface area contributed by atoms with E-state index in [1.807, 2.05) is 6.92 Å². The molecule has 0 spiro atoms. The molecule has 0 radical (unpaired) electrons. The smallest absolute Gasteiger partial charge is 0.0361 e. The van der Waals surface area contributed by atoms with Crippen molar-refractivity contribution in [3.8, 4) is 11.8 Å². The van der Waals surface area contributed by atoms with Crippen LogP contribution in [0.25, 0.3) is 0 Å². The van der Waals surface area contributed by atoms with Crippen LogP contribution in [0.3, 0.4) is 0 Å². The van der Waals surface area contributed by atoms with Crippen molar-refractivity contribution in [2.45, 2.75) is 25.8 Å². The van der Waals surface area contributed by atoms with E-state index in [4.69, 9.17) is 0 Å². The number of hydrogen-bond acceptors (Lipinski definition) is 1. The molecule has 0 bridgehead atoms. The predicted octanol–water partition coefficient (Wildman–Crippen LogP) is 3.97. The summed E-state index contributed by atoms with van der Waals surface area (Å²) in [7, 11) is 0. The van der Waals surface area contributed by atoms with Gasteiger partial charge in [0.25, 0.3) is 0 Å². The molecule has 2 aromatic carbocycles. The maximum atomic E-state index is 3.62. The van der Waals surface area contributed by atoms with E-state index in [9.17, 15) is 0 Å². The van der Waals surface area contributed by atoms with Crippen molar-refractivity contribution in [1.82, 2.24) is 5.32 Å². The van der Waals surface area contributed by atoms with Gasteiger partial charge in [0.2, 0.25) is 0 Å². The summed E-state index contributed by atoms with van der Waals surface area (Å²) < 4.78 is 0. The second-order valence-electron chi connectivity index (χ2n) is 4.78. The summed E-state index contributed by atoms with van der Waals surface area (Å²) in [5.74, 6) is 6.05. The highest BCUT2D eigenvalue weighted by molar-refractivity contribution is 5.23. The Balaban J connectivity index is 2.05. The Morgan fingerprint density at radius 1 is 0.950 bits per heavy atom. The fourth-order valence-electron chi connectivity index (χ4n) is 2.28. The zero-order valence-electron chi connectivity index (χ0n) is 12.0. The monoisotopic (exact) mass is 263 g/mol. The molecule has 102 valence electrons. The number of rotatable bonds is 6. The molecule has 2 rings (SSSR count). The highest BCUT2D eigenvalue weighted by Crippen LogP contribution is 2.18. The molecule has 1 heteroatoms. The van der Waals surface area contributed by atoms with Crippen LogP contribution in [0.1, 0.15) is 30.5 Å². The predicted molar refractivity (Wildman–Crippen MR) is 85.4 cm³/mol. The van der Waals surface area contributed by atoms with Crippen LogP contribution in [0.4, 0.5) is 0 Å². The minimum Gasteiger partial charge on any atom is -0.309 e. The molecule has 0 aliphatic carbocycles. The van der Waals surface area contributed by atoms with Gasteiger partial charge in [-0.2, -0.15) is 0 Å². The summed E-state index contributed by atoms with van der Waals surface area (Å²) in [6, 6.07) is 21.6. The van der Waals surface area contributed by atoms with Gasteiger partial charge >= 0.3 is 0 Å². The Morgan fingerprint density at radius 2 is 1.60 bits per heavy atom. The van der Waals surface area contributed by atoms with E-state index >= 15 is 0 Å². The third-order valence-electron chi connectivity index (χ3n) is 3.30. The van der Waals surface area contributed by atoms with Gasteiger partial charge in [0.1, 0.15) is 0 Å². The van der Waals surface area contributed by atoms with Gasteiger partial charge in [0, 0.05) is 19.0 Å². The summed E-state index contributed by atoms with van der Waals surface area (Å²) in [4.78, 5) is 0. The molecule has 0 aliphatic heterocycles. The molecule has 1 N–H and O–H groups in total. The molecule has 0 aromatic heterocycles. The topological polar surface area (TPSA) is 12.0 Å². The molecule has 0 aliphatic rings. The zero-order chi connectivity index (χ0) is 14.0. The van der Waals surface area contributed by atoms with Crippen LogP contribution < -0.4 is 5.32 Å². The van der Waals surface area contributed by atoms with Crippen LogP contribution in [0.15, 0.2) is 60.7 Å². The van der Waals surface area contributed by atoms with Crippen molar-refractivity contribution in [2.75, 3.05) is 6.54 Å². The van der Waals surface area contributed by atoms with Crippen molar-refractivity contribution in [1.29, 1.82) is 0 Å². The third-order valence-corrected chi connectivity index (χ3v) is 3.30. The summed E-state index contributed by atoms with van der Waals surface area (Å²) in [6.07, 6.45) is 1.90. The molecule has 0 heterocycles. The lowest BCUT2D eigenvalue weighted by Gasteiger charge is -2.19. The lowest BCUT2D eigenvalue weighted by atomic mass is 9.99. The zero-order valence-corrected chi connectivity index (χ0v) is 12.0. The van der Waals surface area contributed by atoms with E-state index in [1.165, 1.54) is 11.1 Å². The third kappa shape index (κ3) is 4.57. The van der Waals surface area contributed by atoms with E-state index in [0.717, 1.165) is 19.4 Å². The van der Waals surface area contributed by atoms with Crippen LogP contribution in [0.5, 0.6) is 0 Å². The first kappa shape index (κ1) is 14.4. The molecule has 2 aromatic rings. The average molecular weight is 263 g/mol. The molecule has 1 nitrogen and oxygen atoms in total. The van der Waals surface area contributed by atoms with E-state index in [0.29, 0.717) is 6.04 Å². The Kier molecular flexibility index (Phi) is 5.89.